The van der Waals surface area contributed by atoms with Crippen molar-refractivity contribution < 1.29 is 33.5 Å². The van der Waals surface area contributed by atoms with Gasteiger partial charge in [-0.1, -0.05) is 33.1 Å². The maximum Gasteiger partial charge on any atom is 0.481 e. The Bertz CT molecular complexity index is 1240. The second kappa shape index (κ2) is 14.9. The lowest BCUT2D eigenvalue weighted by molar-refractivity contribution is -0.525. The van der Waals surface area contributed by atoms with Gasteiger partial charge in [-0.2, -0.15) is 0 Å². The summed E-state index contributed by atoms with van der Waals surface area (Å²) in [5.74, 6) is -0.799. The van der Waals surface area contributed by atoms with Crippen LogP contribution >= 0.6 is 0 Å². The minimum atomic E-state index is -0.794. The van der Waals surface area contributed by atoms with Gasteiger partial charge in [-0.05, 0) is 102 Å². The predicted octanol–water partition coefficient (Wildman–Crippen LogP) is 4.03. The number of piperidine rings is 1. The lowest BCUT2D eigenvalue weighted by Crippen LogP contribution is -2.65. The first-order chi connectivity index (χ1) is 22.3. The molecule has 5 rings (SSSR count). The summed E-state index contributed by atoms with van der Waals surface area (Å²) < 4.78 is 18.9. The van der Waals surface area contributed by atoms with Crippen molar-refractivity contribution in [3.8, 4) is 0 Å². The molecule has 0 aromatic carbocycles. The highest BCUT2D eigenvalue weighted by molar-refractivity contribution is 6.47. The van der Waals surface area contributed by atoms with E-state index in [1.54, 1.807) is 20.8 Å². The summed E-state index contributed by atoms with van der Waals surface area (Å²) in [7, 11) is -0.614. The van der Waals surface area contributed by atoms with Crippen molar-refractivity contribution in [2.24, 2.45) is 39.8 Å². The van der Waals surface area contributed by atoms with Gasteiger partial charge in [-0.3, -0.25) is 14.5 Å². The fraction of sp³-hybridized carbons (Fsp3) is 0.879. The number of hydrogen-bond donors (Lipinski definition) is 3. The first kappa shape index (κ1) is 37.9. The van der Waals surface area contributed by atoms with Gasteiger partial charge in [0.15, 0.2) is 10.8 Å². The molecule has 0 spiro atoms. The van der Waals surface area contributed by atoms with Crippen LogP contribution < -0.4 is 16.5 Å². The van der Waals surface area contributed by atoms with Crippen LogP contribution in [0.25, 0.3) is 0 Å². The molecular weight excluding hydrogens is 619 g/mol. The quantitative estimate of drug-likeness (QED) is 0.0642. The molecule has 3 saturated carbocycles. The summed E-state index contributed by atoms with van der Waals surface area (Å²) in [6.07, 6.45) is 4.71. The number of carbonyl (C=O) groups is 3. The zero-order chi connectivity index (χ0) is 35.6. The van der Waals surface area contributed by atoms with Crippen molar-refractivity contribution in [2.45, 2.75) is 142 Å². The van der Waals surface area contributed by atoms with Crippen molar-refractivity contribution in [3.63, 3.8) is 0 Å². The molecule has 0 radical (unpaired) electrons. The van der Waals surface area contributed by atoms with Crippen molar-refractivity contribution in [2.75, 3.05) is 13.1 Å². The SMILES string of the molecule is CC(C)C[C@H](NC(=O)[C@H](CCCN=C(N)N[N+](=O)[O-])CC(=O)C1CCCCN1C(=O)OC(C)(C)C)B1O[C@@H]2C[C@@H]3C[C@@H](C3(C)C)[C@]2(C)O1. The second-order valence-corrected chi connectivity index (χ2v) is 16.4. The predicted molar refractivity (Wildman–Crippen MR) is 181 cm³/mol. The Balaban J connectivity index is 1.50. The molecule has 3 aliphatic carbocycles. The number of aliphatic imine (C=N–C) groups is 1. The van der Waals surface area contributed by atoms with Gasteiger partial charge in [0, 0.05) is 25.4 Å². The molecule has 14 nitrogen and oxygen atoms in total. The molecule has 4 N–H and O–H groups in total. The van der Waals surface area contributed by atoms with Crippen LogP contribution in [-0.4, -0.2) is 83.2 Å². The van der Waals surface area contributed by atoms with E-state index in [-0.39, 0.29) is 54.5 Å². The van der Waals surface area contributed by atoms with Crippen LogP contribution in [0.5, 0.6) is 0 Å². The zero-order valence-electron chi connectivity index (χ0n) is 30.1. The average Bonchev–Trinajstić information content (AvgIpc) is 3.34. The summed E-state index contributed by atoms with van der Waals surface area (Å²) >= 11 is 0. The molecule has 2 saturated heterocycles. The van der Waals surface area contributed by atoms with Gasteiger partial charge in [0.05, 0.1) is 23.7 Å². The van der Waals surface area contributed by atoms with Crippen LogP contribution in [0.4, 0.5) is 4.79 Å². The van der Waals surface area contributed by atoms with Crippen LogP contribution in [0.2, 0.25) is 0 Å². The van der Waals surface area contributed by atoms with Crippen molar-refractivity contribution in [1.82, 2.24) is 15.6 Å². The number of likely N-dealkylation sites (tertiary alicyclic amines) is 1. The molecule has 2 amide bonds. The third-order valence-corrected chi connectivity index (χ3v) is 10.9. The van der Waals surface area contributed by atoms with Crippen LogP contribution in [0, 0.1) is 39.2 Å². The highest BCUT2D eigenvalue weighted by Crippen LogP contribution is 2.65. The zero-order valence-corrected chi connectivity index (χ0v) is 30.1. The Morgan fingerprint density at radius 2 is 1.90 bits per heavy atom. The molecule has 0 aromatic rings. The van der Waals surface area contributed by atoms with Gasteiger partial charge < -0.3 is 25.1 Å². The lowest BCUT2D eigenvalue weighted by Gasteiger charge is -2.64. The number of Topliss-reactive ketones (excluding diaryl/α,β-unsaturated/α-hetero) is 1. The fourth-order valence-electron chi connectivity index (χ4n) is 8.29. The summed E-state index contributed by atoms with van der Waals surface area (Å²) in [5, 5.41) is 13.1. The van der Waals surface area contributed by atoms with E-state index in [2.05, 4.69) is 44.9 Å². The molecule has 5 aliphatic rings. The number of nitrogens with one attached hydrogen (secondary N) is 2. The largest absolute Gasteiger partial charge is 0.481 e. The number of nitrogens with two attached hydrogens (primary N) is 1. The summed E-state index contributed by atoms with van der Waals surface area (Å²) in [6, 6.07) is -0.687. The number of ketones is 1. The third kappa shape index (κ3) is 8.80. The van der Waals surface area contributed by atoms with E-state index in [4.69, 9.17) is 19.8 Å². The maximum atomic E-state index is 14.1. The number of hydrogen-bond acceptors (Lipinski definition) is 9. The van der Waals surface area contributed by atoms with E-state index >= 15 is 0 Å². The van der Waals surface area contributed by atoms with Crippen molar-refractivity contribution in [3.05, 3.63) is 10.1 Å². The fourth-order valence-corrected chi connectivity index (χ4v) is 8.29. The topological polar surface area (TPSA) is 188 Å². The van der Waals surface area contributed by atoms with E-state index < -0.39 is 47.3 Å². The normalized spacial score (nSPS) is 29.4. The van der Waals surface area contributed by atoms with E-state index in [9.17, 15) is 24.5 Å². The molecule has 15 heteroatoms. The molecule has 5 fully saturated rings. The van der Waals surface area contributed by atoms with Gasteiger partial charge in [-0.25, -0.2) is 19.9 Å². The van der Waals surface area contributed by atoms with Crippen LogP contribution in [0.15, 0.2) is 4.99 Å². The van der Waals surface area contributed by atoms with Gasteiger partial charge in [0.2, 0.25) is 5.91 Å². The van der Waals surface area contributed by atoms with Gasteiger partial charge in [0.25, 0.3) is 5.96 Å². The summed E-state index contributed by atoms with van der Waals surface area (Å²) in [4.78, 5) is 57.2. The molecule has 48 heavy (non-hydrogen) atoms. The number of rotatable bonds is 13. The van der Waals surface area contributed by atoms with Gasteiger partial charge in [0.1, 0.15) is 5.60 Å². The number of amides is 2. The third-order valence-electron chi connectivity index (χ3n) is 10.9. The smallest absolute Gasteiger partial charge is 0.444 e. The van der Waals surface area contributed by atoms with Gasteiger partial charge >= 0.3 is 13.2 Å². The highest BCUT2D eigenvalue weighted by atomic mass is 16.7. The summed E-state index contributed by atoms with van der Waals surface area (Å²) in [5.41, 5.74) is 6.42. The second-order valence-electron chi connectivity index (χ2n) is 16.4. The van der Waals surface area contributed by atoms with Crippen LogP contribution in [-0.2, 0) is 23.6 Å². The van der Waals surface area contributed by atoms with Crippen LogP contribution in [0.3, 0.4) is 0 Å². The van der Waals surface area contributed by atoms with E-state index in [0.717, 1.165) is 25.7 Å². The Morgan fingerprint density at radius 1 is 1.19 bits per heavy atom. The Labute approximate surface area is 285 Å². The molecule has 2 bridgehead atoms. The number of nitro groups is 1. The van der Waals surface area contributed by atoms with Crippen LogP contribution in [0.1, 0.15) is 113 Å². The Morgan fingerprint density at radius 3 is 2.52 bits per heavy atom. The van der Waals surface area contributed by atoms with Crippen molar-refractivity contribution >= 4 is 30.9 Å². The molecule has 7 atom stereocenters. The molecule has 2 heterocycles. The number of hydrazine groups is 1. The van der Waals surface area contributed by atoms with Crippen molar-refractivity contribution in [1.29, 1.82) is 0 Å². The Hall–Kier alpha value is -2.94. The molecule has 2 aliphatic heterocycles. The molecule has 1 unspecified atom stereocenters. The number of guanidine groups is 1. The minimum absolute atomic E-state index is 0.0375. The van der Waals surface area contributed by atoms with E-state index in [0.29, 0.717) is 37.6 Å². The first-order valence-corrected chi connectivity index (χ1v) is 17.7. The minimum Gasteiger partial charge on any atom is -0.444 e. The standard InChI is InChI=1S/C33H57BN6O8/c1-20(2)16-27(34-47-26-19-22-18-25(32(22,6)7)33(26,8)48-34)37-28(42)21(12-11-14-36-29(35)38-40(44)45)17-24(41)23-13-9-10-15-39(23)30(43)46-31(3,4)5/h20-23,25-27H,9-19H2,1-8H3,(H,37,42)(H3,35,36,38)/t21-,22+,23?,25+,26-,27+,33+/m1/s1. The average molecular weight is 677 g/mol. The molecular formula is C33H57BN6O8. The number of ether oxygens (including phenoxy) is 1. The van der Waals surface area contributed by atoms with E-state index in [1.165, 1.54) is 4.90 Å². The number of carbonyl (C=O) groups excluding carboxylic acids is 3. The van der Waals surface area contributed by atoms with Gasteiger partial charge in [-0.15, -0.1) is 0 Å². The molecule has 270 valence electrons. The highest BCUT2D eigenvalue weighted by Gasteiger charge is 2.68. The van der Waals surface area contributed by atoms with E-state index in [1.807, 2.05) is 5.43 Å². The maximum absolute atomic E-state index is 14.1. The lowest BCUT2D eigenvalue weighted by atomic mass is 9.43. The Kier molecular flexibility index (Phi) is 11.8. The molecule has 0 aromatic heterocycles. The monoisotopic (exact) mass is 676 g/mol. The number of nitrogens with zero attached hydrogens (tertiary/aromatic N) is 3. The summed E-state index contributed by atoms with van der Waals surface area (Å²) in [6.45, 7) is 16.8. The first-order valence-electron chi connectivity index (χ1n) is 17.7.